The highest BCUT2D eigenvalue weighted by atomic mass is 16.5. The molecular formula is C14H19NO3. The number of hydrogen-bond acceptors (Lipinski definition) is 3. The maximum Gasteiger partial charge on any atom is 0.225 e. The Kier molecular flexibility index (Phi) is 4.73. The van der Waals surface area contributed by atoms with E-state index in [1.165, 1.54) is 0 Å². The molecule has 0 radical (unpaired) electrons. The van der Waals surface area contributed by atoms with Crippen LogP contribution in [0, 0.1) is 5.92 Å². The Morgan fingerprint density at radius 2 is 2.22 bits per heavy atom. The Balaban J connectivity index is 1.78. The van der Waals surface area contributed by atoms with Gasteiger partial charge in [-0.15, -0.1) is 0 Å². The van der Waals surface area contributed by atoms with Crippen molar-refractivity contribution in [3.05, 3.63) is 35.9 Å². The number of benzene rings is 1. The van der Waals surface area contributed by atoms with Crippen molar-refractivity contribution < 1.29 is 14.6 Å². The summed E-state index contributed by atoms with van der Waals surface area (Å²) in [7, 11) is 0. The van der Waals surface area contributed by atoms with Crippen molar-refractivity contribution in [2.75, 3.05) is 19.8 Å². The number of hydrogen-bond donors (Lipinski definition) is 2. The SMILES string of the molecule is O=C(NCC(O)c1ccccc1)C1CCCOC1. The van der Waals surface area contributed by atoms with E-state index in [0.29, 0.717) is 6.61 Å². The summed E-state index contributed by atoms with van der Waals surface area (Å²) in [6.07, 6.45) is 1.15. The largest absolute Gasteiger partial charge is 0.387 e. The first-order chi connectivity index (χ1) is 8.77. The molecule has 1 amide bonds. The van der Waals surface area contributed by atoms with Crippen molar-refractivity contribution in [2.45, 2.75) is 18.9 Å². The maximum atomic E-state index is 11.8. The molecule has 2 atom stereocenters. The van der Waals surface area contributed by atoms with Gasteiger partial charge < -0.3 is 15.2 Å². The molecule has 1 saturated heterocycles. The zero-order chi connectivity index (χ0) is 12.8. The smallest absolute Gasteiger partial charge is 0.225 e. The molecule has 1 heterocycles. The third-order valence-electron chi connectivity index (χ3n) is 3.19. The van der Waals surface area contributed by atoms with Crippen LogP contribution in [-0.4, -0.2) is 30.8 Å². The third-order valence-corrected chi connectivity index (χ3v) is 3.19. The standard InChI is InChI=1S/C14H19NO3/c16-13(11-5-2-1-3-6-11)9-15-14(17)12-7-4-8-18-10-12/h1-3,5-6,12-13,16H,4,7-10H2,(H,15,17). The highest BCUT2D eigenvalue weighted by Gasteiger charge is 2.22. The first-order valence-corrected chi connectivity index (χ1v) is 6.36. The number of carbonyl (C=O) groups excluding carboxylic acids is 1. The fraction of sp³-hybridized carbons (Fsp3) is 0.500. The van der Waals surface area contributed by atoms with E-state index in [9.17, 15) is 9.90 Å². The van der Waals surface area contributed by atoms with Gasteiger partial charge in [-0.05, 0) is 18.4 Å². The van der Waals surface area contributed by atoms with E-state index < -0.39 is 6.10 Å². The summed E-state index contributed by atoms with van der Waals surface area (Å²) in [5.74, 6) is -0.0913. The summed E-state index contributed by atoms with van der Waals surface area (Å²) in [6, 6.07) is 9.33. The Morgan fingerprint density at radius 1 is 1.44 bits per heavy atom. The van der Waals surface area contributed by atoms with Crippen molar-refractivity contribution in [3.63, 3.8) is 0 Å². The van der Waals surface area contributed by atoms with Gasteiger partial charge in [-0.2, -0.15) is 0 Å². The third kappa shape index (κ3) is 3.55. The van der Waals surface area contributed by atoms with Crippen LogP contribution in [0.4, 0.5) is 0 Å². The summed E-state index contributed by atoms with van der Waals surface area (Å²) in [6.45, 7) is 1.49. The summed E-state index contributed by atoms with van der Waals surface area (Å²) in [5, 5.41) is 12.7. The molecule has 0 saturated carbocycles. The zero-order valence-electron chi connectivity index (χ0n) is 10.3. The molecular weight excluding hydrogens is 230 g/mol. The summed E-state index contributed by atoms with van der Waals surface area (Å²) in [5.41, 5.74) is 0.817. The lowest BCUT2D eigenvalue weighted by Gasteiger charge is -2.22. The van der Waals surface area contributed by atoms with E-state index >= 15 is 0 Å². The molecule has 2 rings (SSSR count). The van der Waals surface area contributed by atoms with Gasteiger partial charge in [-0.25, -0.2) is 0 Å². The Bertz CT molecular complexity index is 374. The average Bonchev–Trinajstić information content (AvgIpc) is 2.46. The molecule has 1 aromatic carbocycles. The van der Waals surface area contributed by atoms with Gasteiger partial charge in [-0.3, -0.25) is 4.79 Å². The lowest BCUT2D eigenvalue weighted by atomic mass is 10.0. The fourth-order valence-electron chi connectivity index (χ4n) is 2.08. The summed E-state index contributed by atoms with van der Waals surface area (Å²) >= 11 is 0. The van der Waals surface area contributed by atoms with Crippen LogP contribution in [0.15, 0.2) is 30.3 Å². The molecule has 18 heavy (non-hydrogen) atoms. The highest BCUT2D eigenvalue weighted by Crippen LogP contribution is 2.14. The molecule has 0 aliphatic carbocycles. The van der Waals surface area contributed by atoms with Crippen LogP contribution in [0.2, 0.25) is 0 Å². The van der Waals surface area contributed by atoms with E-state index in [-0.39, 0.29) is 18.4 Å². The molecule has 0 spiro atoms. The lowest BCUT2D eigenvalue weighted by molar-refractivity contribution is -0.129. The molecule has 1 aliphatic rings. The maximum absolute atomic E-state index is 11.8. The molecule has 1 fully saturated rings. The Labute approximate surface area is 107 Å². The van der Waals surface area contributed by atoms with Crippen LogP contribution in [0.5, 0.6) is 0 Å². The molecule has 4 nitrogen and oxygen atoms in total. The average molecular weight is 249 g/mol. The van der Waals surface area contributed by atoms with E-state index in [2.05, 4.69) is 5.32 Å². The normalized spacial score (nSPS) is 21.3. The summed E-state index contributed by atoms with van der Waals surface area (Å²) < 4.78 is 5.27. The molecule has 0 aromatic heterocycles. The van der Waals surface area contributed by atoms with Crippen LogP contribution in [0.3, 0.4) is 0 Å². The number of rotatable bonds is 4. The van der Waals surface area contributed by atoms with Gasteiger partial charge in [0.1, 0.15) is 0 Å². The van der Waals surface area contributed by atoms with E-state index in [0.717, 1.165) is 25.0 Å². The number of nitrogens with one attached hydrogen (secondary N) is 1. The topological polar surface area (TPSA) is 58.6 Å². The first-order valence-electron chi connectivity index (χ1n) is 6.36. The van der Waals surface area contributed by atoms with Crippen molar-refractivity contribution in [1.82, 2.24) is 5.32 Å². The minimum Gasteiger partial charge on any atom is -0.387 e. The van der Waals surface area contributed by atoms with Gasteiger partial charge in [0.25, 0.3) is 0 Å². The van der Waals surface area contributed by atoms with Crippen LogP contribution in [0.1, 0.15) is 24.5 Å². The van der Waals surface area contributed by atoms with Gasteiger partial charge in [-0.1, -0.05) is 30.3 Å². The molecule has 4 heteroatoms. The van der Waals surface area contributed by atoms with Crippen molar-refractivity contribution in [1.29, 1.82) is 0 Å². The Hall–Kier alpha value is -1.39. The predicted octanol–water partition coefficient (Wildman–Crippen LogP) is 1.26. The first kappa shape index (κ1) is 13.1. The second-order valence-electron chi connectivity index (χ2n) is 4.59. The second-order valence-corrected chi connectivity index (χ2v) is 4.59. The van der Waals surface area contributed by atoms with Gasteiger partial charge in [0, 0.05) is 13.2 Å². The van der Waals surface area contributed by atoms with Gasteiger partial charge in [0.2, 0.25) is 5.91 Å². The van der Waals surface area contributed by atoms with Crippen molar-refractivity contribution in [2.24, 2.45) is 5.92 Å². The molecule has 1 aromatic rings. The summed E-state index contributed by atoms with van der Waals surface area (Å²) in [4.78, 5) is 11.8. The quantitative estimate of drug-likeness (QED) is 0.844. The van der Waals surface area contributed by atoms with E-state index in [1.807, 2.05) is 30.3 Å². The number of aliphatic hydroxyl groups is 1. The number of carbonyl (C=O) groups is 1. The van der Waals surface area contributed by atoms with Gasteiger partial charge in [0.05, 0.1) is 18.6 Å². The predicted molar refractivity (Wildman–Crippen MR) is 68.0 cm³/mol. The lowest BCUT2D eigenvalue weighted by Crippen LogP contribution is -2.37. The van der Waals surface area contributed by atoms with Crippen molar-refractivity contribution >= 4 is 5.91 Å². The van der Waals surface area contributed by atoms with Gasteiger partial charge >= 0.3 is 0 Å². The Morgan fingerprint density at radius 3 is 2.89 bits per heavy atom. The highest BCUT2D eigenvalue weighted by molar-refractivity contribution is 5.78. The van der Waals surface area contributed by atoms with Gasteiger partial charge in [0.15, 0.2) is 0 Å². The number of ether oxygens (including phenoxy) is 1. The number of amides is 1. The van der Waals surface area contributed by atoms with Crippen molar-refractivity contribution in [3.8, 4) is 0 Å². The molecule has 2 unspecified atom stereocenters. The van der Waals surface area contributed by atoms with Crippen LogP contribution in [0.25, 0.3) is 0 Å². The second kappa shape index (κ2) is 6.52. The minimum absolute atomic E-state index is 0.0234. The van der Waals surface area contributed by atoms with E-state index in [4.69, 9.17) is 4.74 Å². The molecule has 2 N–H and O–H groups in total. The van der Waals surface area contributed by atoms with Crippen LogP contribution >= 0.6 is 0 Å². The molecule has 0 bridgehead atoms. The van der Waals surface area contributed by atoms with Crippen LogP contribution < -0.4 is 5.32 Å². The number of aliphatic hydroxyl groups excluding tert-OH is 1. The molecule has 98 valence electrons. The minimum atomic E-state index is -0.653. The molecule has 1 aliphatic heterocycles. The van der Waals surface area contributed by atoms with Crippen LogP contribution in [-0.2, 0) is 9.53 Å². The monoisotopic (exact) mass is 249 g/mol. The van der Waals surface area contributed by atoms with E-state index in [1.54, 1.807) is 0 Å². The zero-order valence-corrected chi connectivity index (χ0v) is 10.3. The fourth-order valence-corrected chi connectivity index (χ4v) is 2.08.